The molecule has 25 heavy (non-hydrogen) atoms. The van der Waals surface area contributed by atoms with E-state index < -0.39 is 0 Å². The van der Waals surface area contributed by atoms with Crippen LogP contribution in [-0.4, -0.2) is 23.8 Å². The maximum absolute atomic E-state index is 12.1. The number of carbonyl (C=O) groups is 1. The second-order valence-electron chi connectivity index (χ2n) is 6.54. The molecule has 1 saturated heterocycles. The average molecular weight is 329 g/mol. The Morgan fingerprint density at radius 2 is 1.88 bits per heavy atom. The highest BCUT2D eigenvalue weighted by Gasteiger charge is 2.29. The lowest BCUT2D eigenvalue weighted by Gasteiger charge is -2.31. The van der Waals surface area contributed by atoms with Crippen molar-refractivity contribution in [3.8, 4) is 23.0 Å². The Kier molecular flexibility index (Phi) is 3.58. The average Bonchev–Trinajstić information content (AvgIpc) is 2.97. The van der Waals surface area contributed by atoms with Gasteiger partial charge in [0.25, 0.3) is 0 Å². The molecular weight excluding hydrogens is 310 g/mol. The molecule has 1 fully saturated rings. The molecule has 0 bridgehead atoms. The Morgan fingerprint density at radius 3 is 2.60 bits per heavy atom. The summed E-state index contributed by atoms with van der Waals surface area (Å²) in [7, 11) is 1.63. The summed E-state index contributed by atoms with van der Waals surface area (Å²) in [6.07, 6.45) is 1.30. The van der Waals surface area contributed by atoms with Crippen molar-refractivity contribution in [2.75, 3.05) is 7.05 Å². The summed E-state index contributed by atoms with van der Waals surface area (Å²) in [6.45, 7) is 1.84. The Labute approximate surface area is 147 Å². The van der Waals surface area contributed by atoms with Crippen LogP contribution < -0.4 is 5.32 Å². The summed E-state index contributed by atoms with van der Waals surface area (Å²) < 4.78 is 0. The summed E-state index contributed by atoms with van der Waals surface area (Å²) in [5.74, 6) is 6.20. The van der Waals surface area contributed by atoms with E-state index in [1.807, 2.05) is 6.92 Å². The minimum Gasteiger partial charge on any atom is -0.349 e. The number of fused-ring (bicyclic) bond motifs is 3. The van der Waals surface area contributed by atoms with Gasteiger partial charge in [0.2, 0.25) is 5.91 Å². The molecule has 0 aromatic heterocycles. The molecule has 2 aromatic carbocycles. The van der Waals surface area contributed by atoms with Gasteiger partial charge in [0.15, 0.2) is 5.96 Å². The molecule has 1 heterocycles. The van der Waals surface area contributed by atoms with Crippen molar-refractivity contribution < 1.29 is 4.79 Å². The van der Waals surface area contributed by atoms with Gasteiger partial charge in [-0.2, -0.15) is 0 Å². The van der Waals surface area contributed by atoms with Crippen LogP contribution in [0.25, 0.3) is 11.1 Å². The maximum atomic E-state index is 12.1. The molecule has 1 atom stereocenters. The number of amides is 1. The number of hydrogen-bond acceptors (Lipinski definition) is 2. The van der Waals surface area contributed by atoms with Crippen molar-refractivity contribution in [1.82, 2.24) is 10.2 Å². The van der Waals surface area contributed by atoms with Gasteiger partial charge < -0.3 is 5.32 Å². The van der Waals surface area contributed by atoms with Gasteiger partial charge in [-0.15, -0.1) is 5.92 Å². The Hall–Kier alpha value is -3.06. The van der Waals surface area contributed by atoms with E-state index in [2.05, 4.69) is 53.6 Å². The molecule has 2 N–H and O–H groups in total. The lowest BCUT2D eigenvalue weighted by Crippen LogP contribution is -2.49. The van der Waals surface area contributed by atoms with Crippen molar-refractivity contribution in [3.05, 3.63) is 58.7 Å². The van der Waals surface area contributed by atoms with E-state index in [1.54, 1.807) is 7.05 Å². The van der Waals surface area contributed by atoms with Crippen LogP contribution in [0.3, 0.4) is 0 Å². The Bertz CT molecular complexity index is 947. The fourth-order valence-electron chi connectivity index (χ4n) is 3.57. The first-order chi connectivity index (χ1) is 12.1. The topological polar surface area (TPSA) is 56.2 Å². The van der Waals surface area contributed by atoms with E-state index in [-0.39, 0.29) is 17.9 Å². The second-order valence-corrected chi connectivity index (χ2v) is 6.54. The first-order valence-electron chi connectivity index (χ1n) is 8.37. The molecule has 0 spiro atoms. The highest BCUT2D eigenvalue weighted by molar-refractivity contribution is 5.98. The predicted octanol–water partition coefficient (Wildman–Crippen LogP) is 3.06. The standard InChI is InChI=1S/C21H19N3O/c1-3-4-13-5-6-14-10-15-7-8-16(11-18(15)17(14)9-13)19-12-20(25)24(2)21(22)23-19/h5-9,11,19H,10,12H2,1-2H3,(H2,22,23). The minimum absolute atomic E-state index is 0.0323. The molecule has 1 aliphatic carbocycles. The first-order valence-corrected chi connectivity index (χ1v) is 8.37. The highest BCUT2D eigenvalue weighted by Crippen LogP contribution is 2.39. The van der Waals surface area contributed by atoms with Gasteiger partial charge in [-0.05, 0) is 59.4 Å². The van der Waals surface area contributed by atoms with Crippen LogP contribution in [0, 0.1) is 17.3 Å². The summed E-state index contributed by atoms with van der Waals surface area (Å²) in [6, 6.07) is 12.6. The molecule has 1 aliphatic heterocycles. The van der Waals surface area contributed by atoms with Crippen LogP contribution in [0.5, 0.6) is 0 Å². The second kappa shape index (κ2) is 5.78. The van der Waals surface area contributed by atoms with E-state index in [9.17, 15) is 4.79 Å². The molecule has 2 aliphatic rings. The SMILES string of the molecule is CC#Cc1ccc2c(c1)-c1cc(C3CC(=O)N(C)C(=N)N3)ccc1C2. The number of benzene rings is 2. The lowest BCUT2D eigenvalue weighted by atomic mass is 9.95. The van der Waals surface area contributed by atoms with E-state index in [4.69, 9.17) is 5.41 Å². The number of guanidine groups is 1. The van der Waals surface area contributed by atoms with Crippen LogP contribution in [0.15, 0.2) is 36.4 Å². The molecule has 1 amide bonds. The summed E-state index contributed by atoms with van der Waals surface area (Å²) in [5.41, 5.74) is 7.13. The van der Waals surface area contributed by atoms with Crippen LogP contribution in [-0.2, 0) is 11.2 Å². The molecule has 124 valence electrons. The number of carbonyl (C=O) groups excluding carboxylic acids is 1. The van der Waals surface area contributed by atoms with Gasteiger partial charge in [0, 0.05) is 12.6 Å². The normalized spacial score (nSPS) is 18.2. The van der Waals surface area contributed by atoms with Crippen LogP contribution in [0.4, 0.5) is 0 Å². The van der Waals surface area contributed by atoms with Gasteiger partial charge >= 0.3 is 0 Å². The summed E-state index contributed by atoms with van der Waals surface area (Å²) >= 11 is 0. The maximum Gasteiger partial charge on any atom is 0.231 e. The quantitative estimate of drug-likeness (QED) is 0.674. The van der Waals surface area contributed by atoms with Gasteiger partial charge in [-0.25, -0.2) is 0 Å². The molecule has 4 rings (SSSR count). The number of nitrogens with zero attached hydrogens (tertiary/aromatic N) is 1. The molecule has 1 unspecified atom stereocenters. The monoisotopic (exact) mass is 329 g/mol. The van der Waals surface area contributed by atoms with Crippen molar-refractivity contribution in [1.29, 1.82) is 5.41 Å². The van der Waals surface area contributed by atoms with Gasteiger partial charge in [-0.1, -0.05) is 24.1 Å². The fourth-order valence-corrected chi connectivity index (χ4v) is 3.57. The van der Waals surface area contributed by atoms with Crippen LogP contribution in [0.2, 0.25) is 0 Å². The van der Waals surface area contributed by atoms with Crippen molar-refractivity contribution in [2.24, 2.45) is 0 Å². The minimum atomic E-state index is -0.149. The summed E-state index contributed by atoms with van der Waals surface area (Å²) in [5, 5.41) is 11.1. The van der Waals surface area contributed by atoms with E-state index in [0.29, 0.717) is 6.42 Å². The third-order valence-electron chi connectivity index (χ3n) is 4.99. The van der Waals surface area contributed by atoms with Crippen molar-refractivity contribution in [3.63, 3.8) is 0 Å². The van der Waals surface area contributed by atoms with Crippen molar-refractivity contribution in [2.45, 2.75) is 25.8 Å². The Morgan fingerprint density at radius 1 is 1.16 bits per heavy atom. The molecular formula is C21H19N3O. The van der Waals surface area contributed by atoms with E-state index >= 15 is 0 Å². The van der Waals surface area contributed by atoms with Crippen LogP contribution >= 0.6 is 0 Å². The molecule has 0 radical (unpaired) electrons. The number of nitrogens with one attached hydrogen (secondary N) is 2. The third kappa shape index (κ3) is 2.58. The van der Waals surface area contributed by atoms with E-state index in [0.717, 1.165) is 17.5 Å². The van der Waals surface area contributed by atoms with Gasteiger partial charge in [-0.3, -0.25) is 15.1 Å². The summed E-state index contributed by atoms with van der Waals surface area (Å²) in [4.78, 5) is 13.4. The zero-order valence-corrected chi connectivity index (χ0v) is 14.3. The van der Waals surface area contributed by atoms with Gasteiger partial charge in [0.1, 0.15) is 0 Å². The largest absolute Gasteiger partial charge is 0.349 e. The van der Waals surface area contributed by atoms with E-state index in [1.165, 1.54) is 27.2 Å². The number of rotatable bonds is 1. The number of hydrogen-bond donors (Lipinski definition) is 2. The third-order valence-corrected chi connectivity index (χ3v) is 4.99. The van der Waals surface area contributed by atoms with Gasteiger partial charge in [0.05, 0.1) is 12.5 Å². The smallest absolute Gasteiger partial charge is 0.231 e. The zero-order valence-electron chi connectivity index (χ0n) is 14.3. The predicted molar refractivity (Wildman–Crippen MR) is 98.2 cm³/mol. The molecule has 2 aromatic rings. The molecule has 4 nitrogen and oxygen atoms in total. The zero-order chi connectivity index (χ0) is 17.6. The molecule has 4 heteroatoms. The van der Waals surface area contributed by atoms with Crippen molar-refractivity contribution >= 4 is 11.9 Å². The lowest BCUT2D eigenvalue weighted by molar-refractivity contribution is -0.128. The Balaban J connectivity index is 1.73. The highest BCUT2D eigenvalue weighted by atomic mass is 16.2. The first kappa shape index (κ1) is 15.5. The molecule has 0 saturated carbocycles. The van der Waals surface area contributed by atoms with Crippen LogP contribution in [0.1, 0.15) is 41.6 Å². The fraction of sp³-hybridized carbons (Fsp3) is 0.238.